The van der Waals surface area contributed by atoms with Crippen LogP contribution in [0.1, 0.15) is 13.8 Å². The summed E-state index contributed by atoms with van der Waals surface area (Å²) in [6.45, 7) is 3.47. The zero-order chi connectivity index (χ0) is 11.4. The zero-order valence-corrected chi connectivity index (χ0v) is 8.77. The van der Waals surface area contributed by atoms with Gasteiger partial charge < -0.3 is 16.2 Å². The minimum absolute atomic E-state index is 0.0530. The molecule has 0 saturated heterocycles. The first-order chi connectivity index (χ1) is 7.02. The van der Waals surface area contributed by atoms with Crippen LogP contribution in [-0.4, -0.2) is 22.0 Å². The molecule has 0 aliphatic carbocycles. The molecule has 15 heavy (non-hydrogen) atoms. The Labute approximate surface area is 88.3 Å². The van der Waals surface area contributed by atoms with Gasteiger partial charge in [0.25, 0.3) is 0 Å². The molecule has 0 aromatic carbocycles. The monoisotopic (exact) mass is 209 g/mol. The van der Waals surface area contributed by atoms with E-state index in [1.165, 1.54) is 12.3 Å². The molecule has 0 bridgehead atoms. The number of anilines is 1. The van der Waals surface area contributed by atoms with E-state index in [1.54, 1.807) is 19.9 Å². The highest BCUT2D eigenvalue weighted by Gasteiger charge is 2.18. The predicted molar refractivity (Wildman–Crippen MR) is 57.3 cm³/mol. The van der Waals surface area contributed by atoms with Gasteiger partial charge in [0.1, 0.15) is 0 Å². The molecule has 1 amide bonds. The third kappa shape index (κ3) is 2.92. The molecule has 2 unspecified atom stereocenters. The van der Waals surface area contributed by atoms with Crippen molar-refractivity contribution < 1.29 is 9.90 Å². The van der Waals surface area contributed by atoms with E-state index in [1.807, 2.05) is 0 Å². The fourth-order valence-corrected chi connectivity index (χ4v) is 0.962. The number of rotatable bonds is 3. The van der Waals surface area contributed by atoms with E-state index < -0.39 is 0 Å². The van der Waals surface area contributed by atoms with Crippen LogP contribution in [0.4, 0.5) is 5.82 Å². The van der Waals surface area contributed by atoms with Crippen molar-refractivity contribution in [2.45, 2.75) is 19.9 Å². The molecule has 0 aliphatic rings. The molecular formula is C10H15N3O2. The molecule has 0 radical (unpaired) electrons. The van der Waals surface area contributed by atoms with Crippen LogP contribution >= 0.6 is 0 Å². The molecule has 0 saturated carbocycles. The Morgan fingerprint density at radius 3 is 2.80 bits per heavy atom. The van der Waals surface area contributed by atoms with E-state index >= 15 is 0 Å². The number of hydrogen-bond donors (Lipinski definition) is 3. The number of carbonyl (C=O) groups excluding carboxylic acids is 1. The second kappa shape index (κ2) is 4.75. The van der Waals surface area contributed by atoms with Crippen molar-refractivity contribution in [1.29, 1.82) is 0 Å². The molecule has 82 valence electrons. The fraction of sp³-hybridized carbons (Fsp3) is 0.400. The Hall–Kier alpha value is -1.62. The molecule has 5 heteroatoms. The maximum atomic E-state index is 11.6. The number of nitrogens with two attached hydrogens (primary N) is 1. The summed E-state index contributed by atoms with van der Waals surface area (Å²) in [5, 5.41) is 11.9. The molecule has 2 atom stereocenters. The van der Waals surface area contributed by atoms with Gasteiger partial charge in [-0.2, -0.15) is 0 Å². The van der Waals surface area contributed by atoms with E-state index in [9.17, 15) is 9.90 Å². The van der Waals surface area contributed by atoms with Crippen molar-refractivity contribution in [3.63, 3.8) is 0 Å². The van der Waals surface area contributed by atoms with E-state index in [2.05, 4.69) is 10.3 Å². The normalized spacial score (nSPS) is 14.3. The molecule has 0 aliphatic heterocycles. The van der Waals surface area contributed by atoms with Gasteiger partial charge in [0.2, 0.25) is 5.91 Å². The maximum absolute atomic E-state index is 11.6. The standard InChI is InChI=1S/C10H15N3O2/c1-6(7(2)11)10(15)13-9-8(14)4-3-5-12-9/h3-7,14H,11H2,1-2H3,(H,12,13,15). The van der Waals surface area contributed by atoms with Gasteiger partial charge in [-0.1, -0.05) is 6.92 Å². The summed E-state index contributed by atoms with van der Waals surface area (Å²) in [5.74, 6) is -0.469. The summed E-state index contributed by atoms with van der Waals surface area (Å²) in [4.78, 5) is 15.4. The van der Waals surface area contributed by atoms with E-state index in [0.29, 0.717) is 0 Å². The minimum Gasteiger partial charge on any atom is -0.504 e. The summed E-state index contributed by atoms with van der Waals surface area (Å²) in [6, 6.07) is 2.80. The minimum atomic E-state index is -0.327. The molecule has 1 aromatic heterocycles. The van der Waals surface area contributed by atoms with E-state index in [0.717, 1.165) is 0 Å². The van der Waals surface area contributed by atoms with Gasteiger partial charge in [0.05, 0.1) is 5.92 Å². The van der Waals surface area contributed by atoms with Crippen LogP contribution in [0, 0.1) is 5.92 Å². The van der Waals surface area contributed by atoms with Crippen LogP contribution in [0.5, 0.6) is 5.75 Å². The zero-order valence-electron chi connectivity index (χ0n) is 8.77. The van der Waals surface area contributed by atoms with Gasteiger partial charge >= 0.3 is 0 Å². The van der Waals surface area contributed by atoms with Gasteiger partial charge in [-0.3, -0.25) is 4.79 Å². The number of nitrogens with zero attached hydrogens (tertiary/aromatic N) is 1. The average molecular weight is 209 g/mol. The summed E-state index contributed by atoms with van der Waals surface area (Å²) >= 11 is 0. The van der Waals surface area contributed by atoms with Crippen LogP contribution in [0.3, 0.4) is 0 Å². The number of pyridine rings is 1. The van der Waals surface area contributed by atoms with Crippen molar-refractivity contribution in [1.82, 2.24) is 4.98 Å². The third-order valence-electron chi connectivity index (χ3n) is 2.23. The molecule has 4 N–H and O–H groups in total. The van der Waals surface area contributed by atoms with Crippen molar-refractivity contribution in [3.8, 4) is 5.75 Å². The summed E-state index contributed by atoms with van der Waals surface area (Å²) in [5.41, 5.74) is 5.58. The van der Waals surface area contributed by atoms with Crippen LogP contribution < -0.4 is 11.1 Å². The summed E-state index contributed by atoms with van der Waals surface area (Å²) in [6.07, 6.45) is 1.49. The largest absolute Gasteiger partial charge is 0.504 e. The van der Waals surface area contributed by atoms with Crippen molar-refractivity contribution in [2.75, 3.05) is 5.32 Å². The molecule has 0 spiro atoms. The molecule has 1 heterocycles. The summed E-state index contributed by atoms with van der Waals surface area (Å²) < 4.78 is 0. The van der Waals surface area contributed by atoms with Gasteiger partial charge in [0.15, 0.2) is 11.6 Å². The smallest absolute Gasteiger partial charge is 0.230 e. The Bertz CT molecular complexity index is 352. The second-order valence-electron chi connectivity index (χ2n) is 3.51. The van der Waals surface area contributed by atoms with Crippen molar-refractivity contribution >= 4 is 11.7 Å². The number of carbonyl (C=O) groups is 1. The lowest BCUT2D eigenvalue weighted by Crippen LogP contribution is -2.34. The maximum Gasteiger partial charge on any atom is 0.230 e. The van der Waals surface area contributed by atoms with Crippen molar-refractivity contribution in [3.05, 3.63) is 18.3 Å². The second-order valence-corrected chi connectivity index (χ2v) is 3.51. The highest BCUT2D eigenvalue weighted by molar-refractivity contribution is 5.92. The number of nitrogens with one attached hydrogen (secondary N) is 1. The summed E-state index contributed by atoms with van der Waals surface area (Å²) in [7, 11) is 0. The topological polar surface area (TPSA) is 88.2 Å². The van der Waals surface area contributed by atoms with E-state index in [-0.39, 0.29) is 29.4 Å². The SMILES string of the molecule is CC(N)C(C)C(=O)Nc1ncccc1O. The Morgan fingerprint density at radius 2 is 2.27 bits per heavy atom. The van der Waals surface area contributed by atoms with Crippen LogP contribution in [0.2, 0.25) is 0 Å². The van der Waals surface area contributed by atoms with Gasteiger partial charge in [0, 0.05) is 12.2 Å². The Morgan fingerprint density at radius 1 is 1.60 bits per heavy atom. The lowest BCUT2D eigenvalue weighted by molar-refractivity contribution is -0.119. The molecular weight excluding hydrogens is 194 g/mol. The number of aromatic nitrogens is 1. The lowest BCUT2D eigenvalue weighted by Gasteiger charge is -2.15. The molecule has 0 fully saturated rings. The fourth-order valence-electron chi connectivity index (χ4n) is 0.962. The number of aromatic hydroxyl groups is 1. The highest BCUT2D eigenvalue weighted by Crippen LogP contribution is 2.19. The van der Waals surface area contributed by atoms with Gasteiger partial charge in [-0.05, 0) is 19.1 Å². The number of amides is 1. The molecule has 1 rings (SSSR count). The van der Waals surface area contributed by atoms with Crippen LogP contribution in [0.15, 0.2) is 18.3 Å². The first kappa shape index (κ1) is 11.5. The Kier molecular flexibility index (Phi) is 3.62. The van der Waals surface area contributed by atoms with Gasteiger partial charge in [-0.15, -0.1) is 0 Å². The molecule has 5 nitrogen and oxygen atoms in total. The molecule has 1 aromatic rings. The van der Waals surface area contributed by atoms with E-state index in [4.69, 9.17) is 5.73 Å². The first-order valence-corrected chi connectivity index (χ1v) is 4.72. The van der Waals surface area contributed by atoms with Crippen LogP contribution in [-0.2, 0) is 4.79 Å². The third-order valence-corrected chi connectivity index (χ3v) is 2.23. The quantitative estimate of drug-likeness (QED) is 0.684. The first-order valence-electron chi connectivity index (χ1n) is 4.72. The van der Waals surface area contributed by atoms with Crippen molar-refractivity contribution in [2.24, 2.45) is 11.7 Å². The Balaban J connectivity index is 2.71. The van der Waals surface area contributed by atoms with Gasteiger partial charge in [-0.25, -0.2) is 4.98 Å². The highest BCUT2D eigenvalue weighted by atomic mass is 16.3. The number of hydrogen-bond acceptors (Lipinski definition) is 4. The predicted octanol–water partition coefficient (Wildman–Crippen LogP) is 0.709. The lowest BCUT2D eigenvalue weighted by atomic mass is 10.0. The average Bonchev–Trinajstić information content (AvgIpc) is 2.20. The van der Waals surface area contributed by atoms with Crippen LogP contribution in [0.25, 0.3) is 0 Å².